The highest BCUT2D eigenvalue weighted by atomic mass is 19.1. The van der Waals surface area contributed by atoms with Crippen LogP contribution in [0.5, 0.6) is 0 Å². The largest absolute Gasteiger partial charge is 0.387 e. The van der Waals surface area contributed by atoms with Gasteiger partial charge < -0.3 is 10.0 Å². The second kappa shape index (κ2) is 7.09. The summed E-state index contributed by atoms with van der Waals surface area (Å²) < 4.78 is 28.8. The average molecular weight is 358 g/mol. The number of aromatic nitrogens is 3. The fourth-order valence-corrected chi connectivity index (χ4v) is 3.63. The Morgan fingerprint density at radius 1 is 1.12 bits per heavy atom. The van der Waals surface area contributed by atoms with Crippen molar-refractivity contribution in [3.05, 3.63) is 65.6 Å². The summed E-state index contributed by atoms with van der Waals surface area (Å²) in [6, 6.07) is 9.12. The zero-order valence-corrected chi connectivity index (χ0v) is 14.2. The van der Waals surface area contributed by atoms with Gasteiger partial charge in [-0.1, -0.05) is 12.1 Å². The predicted molar refractivity (Wildman–Crippen MR) is 92.7 cm³/mol. The van der Waals surface area contributed by atoms with Crippen LogP contribution in [-0.2, 0) is 0 Å². The molecule has 136 valence electrons. The number of aliphatic hydroxyl groups excluding tert-OH is 1. The first-order valence-corrected chi connectivity index (χ1v) is 8.77. The zero-order chi connectivity index (χ0) is 18.1. The van der Waals surface area contributed by atoms with Crippen molar-refractivity contribution in [2.24, 2.45) is 0 Å². The molecule has 4 rings (SSSR count). The molecule has 2 aromatic heterocycles. The number of aliphatic hydroxyl groups is 1. The lowest BCUT2D eigenvalue weighted by atomic mass is 9.95. The maximum atomic E-state index is 13.8. The molecule has 0 aliphatic carbocycles. The molecule has 26 heavy (non-hydrogen) atoms. The number of β-amino-alcohol motifs (C(OH)–C–C–N with tert-alkyl or cyclic N) is 1. The number of halogens is 2. The van der Waals surface area contributed by atoms with E-state index in [1.165, 1.54) is 12.1 Å². The third-order valence-electron chi connectivity index (χ3n) is 5.05. The number of piperidine rings is 1. The minimum Gasteiger partial charge on any atom is -0.387 e. The van der Waals surface area contributed by atoms with Gasteiger partial charge in [-0.05, 0) is 44.1 Å². The van der Waals surface area contributed by atoms with E-state index in [0.717, 1.165) is 43.5 Å². The topological polar surface area (TPSA) is 53.7 Å². The van der Waals surface area contributed by atoms with Crippen LogP contribution in [0.15, 0.2) is 42.6 Å². The Morgan fingerprint density at radius 3 is 2.69 bits per heavy atom. The SMILES string of the molecule is OC(CN1CCC(c2nnc3ccccn23)CC1)c1ccc(F)cc1F. The van der Waals surface area contributed by atoms with Gasteiger partial charge in [0.25, 0.3) is 0 Å². The lowest BCUT2D eigenvalue weighted by Gasteiger charge is -2.32. The second-order valence-corrected chi connectivity index (χ2v) is 6.74. The van der Waals surface area contributed by atoms with Crippen molar-refractivity contribution < 1.29 is 13.9 Å². The van der Waals surface area contributed by atoms with Crippen LogP contribution in [0.2, 0.25) is 0 Å². The Balaban J connectivity index is 1.39. The van der Waals surface area contributed by atoms with E-state index < -0.39 is 17.7 Å². The number of likely N-dealkylation sites (tertiary alicyclic amines) is 1. The van der Waals surface area contributed by atoms with Gasteiger partial charge in [0.1, 0.15) is 17.5 Å². The maximum absolute atomic E-state index is 13.8. The highest BCUT2D eigenvalue weighted by Gasteiger charge is 2.26. The Kier molecular flexibility index (Phi) is 4.65. The summed E-state index contributed by atoms with van der Waals surface area (Å²) in [6.07, 6.45) is 2.79. The molecule has 1 aliphatic rings. The van der Waals surface area contributed by atoms with E-state index in [1.807, 2.05) is 28.8 Å². The Bertz CT molecular complexity index is 905. The van der Waals surface area contributed by atoms with Gasteiger partial charge in [-0.3, -0.25) is 4.40 Å². The number of hydrogen-bond donors (Lipinski definition) is 1. The van der Waals surface area contributed by atoms with Crippen LogP contribution in [0.25, 0.3) is 5.65 Å². The average Bonchev–Trinajstić information content (AvgIpc) is 3.06. The smallest absolute Gasteiger partial charge is 0.160 e. The first kappa shape index (κ1) is 17.1. The van der Waals surface area contributed by atoms with Crippen LogP contribution in [0.4, 0.5) is 8.78 Å². The minimum absolute atomic E-state index is 0.136. The number of rotatable bonds is 4. The van der Waals surface area contributed by atoms with E-state index in [-0.39, 0.29) is 5.56 Å². The number of benzene rings is 1. The van der Waals surface area contributed by atoms with Gasteiger partial charge in [0.15, 0.2) is 5.65 Å². The van der Waals surface area contributed by atoms with E-state index in [1.54, 1.807) is 0 Å². The van der Waals surface area contributed by atoms with E-state index >= 15 is 0 Å². The number of fused-ring (bicyclic) bond motifs is 1. The lowest BCUT2D eigenvalue weighted by molar-refractivity contribution is 0.0939. The molecule has 1 aliphatic heterocycles. The summed E-state index contributed by atoms with van der Waals surface area (Å²) in [5, 5.41) is 18.8. The molecule has 1 aromatic carbocycles. The summed E-state index contributed by atoms with van der Waals surface area (Å²) in [7, 11) is 0. The van der Waals surface area contributed by atoms with Gasteiger partial charge in [0.05, 0.1) is 6.10 Å². The summed E-state index contributed by atoms with van der Waals surface area (Å²) in [6.45, 7) is 1.90. The fourth-order valence-electron chi connectivity index (χ4n) is 3.63. The Hall–Kier alpha value is -2.38. The van der Waals surface area contributed by atoms with Crippen LogP contribution in [0, 0.1) is 11.6 Å². The molecule has 0 spiro atoms. The van der Waals surface area contributed by atoms with Crippen LogP contribution in [0.1, 0.15) is 36.3 Å². The number of nitrogens with zero attached hydrogens (tertiary/aromatic N) is 4. The lowest BCUT2D eigenvalue weighted by Crippen LogP contribution is -2.36. The molecule has 3 heterocycles. The van der Waals surface area contributed by atoms with Crippen molar-refractivity contribution in [1.82, 2.24) is 19.5 Å². The summed E-state index contributed by atoms with van der Waals surface area (Å²) in [5.74, 6) is -0.0733. The van der Waals surface area contributed by atoms with E-state index in [4.69, 9.17) is 0 Å². The highest BCUT2D eigenvalue weighted by molar-refractivity contribution is 5.37. The van der Waals surface area contributed by atoms with Gasteiger partial charge >= 0.3 is 0 Å². The molecule has 5 nitrogen and oxygen atoms in total. The molecule has 1 saturated heterocycles. The molecule has 1 fully saturated rings. The molecule has 1 unspecified atom stereocenters. The van der Waals surface area contributed by atoms with Crippen molar-refractivity contribution in [1.29, 1.82) is 0 Å². The normalized spacial score (nSPS) is 17.7. The predicted octanol–water partition coefficient (Wildman–Crippen LogP) is 2.92. The van der Waals surface area contributed by atoms with Crippen LogP contribution < -0.4 is 0 Å². The first-order valence-electron chi connectivity index (χ1n) is 8.77. The van der Waals surface area contributed by atoms with Gasteiger partial charge in [-0.2, -0.15) is 0 Å². The molecular formula is C19H20F2N4O. The Labute approximate surface area is 149 Å². The quantitative estimate of drug-likeness (QED) is 0.779. The first-order chi connectivity index (χ1) is 12.6. The zero-order valence-electron chi connectivity index (χ0n) is 14.2. The molecule has 1 atom stereocenters. The molecule has 0 amide bonds. The maximum Gasteiger partial charge on any atom is 0.160 e. The van der Waals surface area contributed by atoms with Gasteiger partial charge in [-0.15, -0.1) is 10.2 Å². The van der Waals surface area contributed by atoms with Crippen molar-refractivity contribution in [2.45, 2.75) is 24.9 Å². The Morgan fingerprint density at radius 2 is 1.92 bits per heavy atom. The third-order valence-corrected chi connectivity index (χ3v) is 5.05. The molecule has 7 heteroatoms. The van der Waals surface area contributed by atoms with Crippen LogP contribution in [0.3, 0.4) is 0 Å². The molecule has 3 aromatic rings. The molecule has 1 N–H and O–H groups in total. The monoisotopic (exact) mass is 358 g/mol. The number of hydrogen-bond acceptors (Lipinski definition) is 4. The number of pyridine rings is 1. The van der Waals surface area contributed by atoms with Crippen molar-refractivity contribution in [3.8, 4) is 0 Å². The fraction of sp³-hybridized carbons (Fsp3) is 0.368. The highest BCUT2D eigenvalue weighted by Crippen LogP contribution is 2.28. The van der Waals surface area contributed by atoms with Crippen LogP contribution in [-0.4, -0.2) is 44.2 Å². The van der Waals surface area contributed by atoms with Crippen molar-refractivity contribution in [3.63, 3.8) is 0 Å². The van der Waals surface area contributed by atoms with Crippen LogP contribution >= 0.6 is 0 Å². The van der Waals surface area contributed by atoms with Crippen molar-refractivity contribution in [2.75, 3.05) is 19.6 Å². The van der Waals surface area contributed by atoms with Crippen molar-refractivity contribution >= 4 is 5.65 Å². The summed E-state index contributed by atoms with van der Waals surface area (Å²) in [4.78, 5) is 2.10. The van der Waals surface area contributed by atoms with Gasteiger partial charge in [0.2, 0.25) is 0 Å². The molecule has 0 saturated carbocycles. The minimum atomic E-state index is -0.971. The second-order valence-electron chi connectivity index (χ2n) is 6.74. The molecular weight excluding hydrogens is 338 g/mol. The van der Waals surface area contributed by atoms with E-state index in [2.05, 4.69) is 15.1 Å². The summed E-state index contributed by atoms with van der Waals surface area (Å²) >= 11 is 0. The third kappa shape index (κ3) is 3.32. The van der Waals surface area contributed by atoms with Gasteiger partial charge in [0, 0.05) is 30.3 Å². The molecule has 0 radical (unpaired) electrons. The summed E-state index contributed by atoms with van der Waals surface area (Å²) in [5.41, 5.74) is 0.976. The van der Waals surface area contributed by atoms with Gasteiger partial charge in [-0.25, -0.2) is 8.78 Å². The van der Waals surface area contributed by atoms with E-state index in [0.29, 0.717) is 12.5 Å². The van der Waals surface area contributed by atoms with E-state index in [9.17, 15) is 13.9 Å². The molecule has 0 bridgehead atoms. The standard InChI is InChI=1S/C19H20F2N4O/c20-14-4-5-15(16(21)11-14)17(26)12-24-9-6-13(7-10-24)19-23-22-18-3-1-2-8-25(18)19/h1-5,8,11,13,17,26H,6-7,9-10,12H2.